The molecule has 3 aromatic rings. The van der Waals surface area contributed by atoms with Crippen molar-refractivity contribution in [1.29, 1.82) is 0 Å². The van der Waals surface area contributed by atoms with Crippen molar-refractivity contribution in [2.45, 2.75) is 57.8 Å². The highest BCUT2D eigenvalue weighted by Gasteiger charge is 2.38. The largest absolute Gasteiger partial charge is 0.471 e. The number of benzene rings is 2. The van der Waals surface area contributed by atoms with E-state index in [-0.39, 0.29) is 18.4 Å². The van der Waals surface area contributed by atoms with Crippen molar-refractivity contribution in [3.63, 3.8) is 0 Å². The van der Waals surface area contributed by atoms with Crippen LogP contribution in [0.3, 0.4) is 0 Å². The molecule has 2 saturated heterocycles. The summed E-state index contributed by atoms with van der Waals surface area (Å²) in [7, 11) is 0. The molecule has 2 fully saturated rings. The van der Waals surface area contributed by atoms with Gasteiger partial charge in [0.25, 0.3) is 5.91 Å². The summed E-state index contributed by atoms with van der Waals surface area (Å²) in [6.07, 6.45) is -1.49. The number of piperidine rings is 1. The van der Waals surface area contributed by atoms with Crippen LogP contribution in [0.15, 0.2) is 42.5 Å². The summed E-state index contributed by atoms with van der Waals surface area (Å²) in [6.45, 7) is 6.41. The van der Waals surface area contributed by atoms with Gasteiger partial charge < -0.3 is 19.7 Å². The summed E-state index contributed by atoms with van der Waals surface area (Å²) in [6, 6.07) is 12.2. The summed E-state index contributed by atoms with van der Waals surface area (Å²) >= 11 is 0. The van der Waals surface area contributed by atoms with E-state index in [2.05, 4.69) is 22.5 Å². The van der Waals surface area contributed by atoms with Gasteiger partial charge in [-0.3, -0.25) is 9.59 Å². The second kappa shape index (κ2) is 11.6. The van der Waals surface area contributed by atoms with Gasteiger partial charge in [0.1, 0.15) is 11.5 Å². The standard InChI is InChI=1S/C30H34F4N4O2/c1-20-5-4-6-23-18-26(38(27(20)23)16-15-36-11-2-3-12-36)28(39)37-13-9-22(10-14-37)24-17-21(7-8-25(24)31)19-35-29(40)30(32,33)34/h4-8,17-18,22H,2-3,9-16,19H2,1H3,(H,35,40). The molecular formula is C30H34F4N4O2. The van der Waals surface area contributed by atoms with Crippen molar-refractivity contribution >= 4 is 22.7 Å². The normalized spacial score (nSPS) is 17.1. The van der Waals surface area contributed by atoms with Crippen molar-refractivity contribution in [2.24, 2.45) is 0 Å². The fourth-order valence-corrected chi connectivity index (χ4v) is 6.02. The number of hydrogen-bond acceptors (Lipinski definition) is 3. The van der Waals surface area contributed by atoms with Gasteiger partial charge in [0.15, 0.2) is 0 Å². The van der Waals surface area contributed by atoms with Crippen LogP contribution in [0.4, 0.5) is 17.6 Å². The van der Waals surface area contributed by atoms with Crippen LogP contribution in [0.5, 0.6) is 0 Å². The number of alkyl halides is 3. The maximum atomic E-state index is 14.7. The average Bonchev–Trinajstić information content (AvgIpc) is 3.59. The Hall–Kier alpha value is -3.40. The van der Waals surface area contributed by atoms with E-state index in [0.717, 1.165) is 42.6 Å². The Morgan fingerprint density at radius 2 is 1.70 bits per heavy atom. The minimum absolute atomic E-state index is 0.0421. The van der Waals surface area contributed by atoms with Crippen molar-refractivity contribution in [3.8, 4) is 0 Å². The number of halogens is 4. The van der Waals surface area contributed by atoms with Gasteiger partial charge in [-0.2, -0.15) is 13.2 Å². The van der Waals surface area contributed by atoms with Crippen LogP contribution in [0.2, 0.25) is 0 Å². The molecule has 1 N–H and O–H groups in total. The van der Waals surface area contributed by atoms with E-state index in [4.69, 9.17) is 0 Å². The van der Waals surface area contributed by atoms with Gasteiger partial charge in [-0.05, 0) is 80.4 Å². The topological polar surface area (TPSA) is 57.6 Å². The molecule has 3 heterocycles. The molecule has 6 nitrogen and oxygen atoms in total. The van der Waals surface area contributed by atoms with Crippen LogP contribution in [-0.2, 0) is 17.9 Å². The first-order chi connectivity index (χ1) is 19.1. The Bertz CT molecular complexity index is 1390. The van der Waals surface area contributed by atoms with Crippen LogP contribution in [0, 0.1) is 12.7 Å². The molecule has 1 aromatic heterocycles. The molecule has 10 heteroatoms. The number of hydrogen-bond donors (Lipinski definition) is 1. The number of amides is 2. The minimum atomic E-state index is -4.97. The third kappa shape index (κ3) is 6.01. The molecule has 0 spiro atoms. The van der Waals surface area contributed by atoms with Crippen molar-refractivity contribution < 1.29 is 27.2 Å². The molecule has 5 rings (SSSR count). The molecule has 0 radical (unpaired) electrons. The van der Waals surface area contributed by atoms with Gasteiger partial charge in [-0.25, -0.2) is 4.39 Å². The molecule has 0 aliphatic carbocycles. The fraction of sp³-hybridized carbons (Fsp3) is 0.467. The first-order valence-corrected chi connectivity index (χ1v) is 13.9. The van der Waals surface area contributed by atoms with Crippen molar-refractivity contribution in [2.75, 3.05) is 32.7 Å². The van der Waals surface area contributed by atoms with Crippen LogP contribution in [-0.4, -0.2) is 65.1 Å². The van der Waals surface area contributed by atoms with E-state index in [1.165, 1.54) is 31.0 Å². The molecule has 2 aliphatic heterocycles. The highest BCUT2D eigenvalue weighted by molar-refractivity contribution is 5.99. The quantitative estimate of drug-likeness (QED) is 0.396. The highest BCUT2D eigenvalue weighted by Crippen LogP contribution is 2.32. The van der Waals surface area contributed by atoms with Gasteiger partial charge in [0.05, 0.1) is 5.52 Å². The van der Waals surface area contributed by atoms with Crippen LogP contribution >= 0.6 is 0 Å². The molecule has 2 amide bonds. The first-order valence-electron chi connectivity index (χ1n) is 13.9. The second-order valence-corrected chi connectivity index (χ2v) is 10.8. The Morgan fingerprint density at radius 3 is 2.40 bits per heavy atom. The Kier molecular flexibility index (Phi) is 8.16. The van der Waals surface area contributed by atoms with Gasteiger partial charge in [0, 0.05) is 38.1 Å². The average molecular weight is 559 g/mol. The summed E-state index contributed by atoms with van der Waals surface area (Å²) < 4.78 is 54.4. The molecule has 2 aromatic carbocycles. The molecule has 2 aliphatic rings. The predicted octanol–water partition coefficient (Wildman–Crippen LogP) is 5.38. The van der Waals surface area contributed by atoms with Gasteiger partial charge in [-0.15, -0.1) is 0 Å². The molecule has 0 bridgehead atoms. The van der Waals surface area contributed by atoms with Crippen LogP contribution < -0.4 is 5.32 Å². The van der Waals surface area contributed by atoms with E-state index in [9.17, 15) is 27.2 Å². The number of nitrogens with one attached hydrogen (secondary N) is 1. The predicted molar refractivity (Wildman–Crippen MR) is 145 cm³/mol. The van der Waals surface area contributed by atoms with Crippen LogP contribution in [0.25, 0.3) is 10.9 Å². The third-order valence-corrected chi connectivity index (χ3v) is 8.17. The zero-order valence-electron chi connectivity index (χ0n) is 22.6. The highest BCUT2D eigenvalue weighted by atomic mass is 19.4. The van der Waals surface area contributed by atoms with E-state index in [0.29, 0.717) is 42.8 Å². The monoisotopic (exact) mass is 558 g/mol. The molecule has 0 atom stereocenters. The summed E-state index contributed by atoms with van der Waals surface area (Å²) in [5.74, 6) is -2.68. The minimum Gasteiger partial charge on any atom is -0.344 e. The van der Waals surface area contributed by atoms with Gasteiger partial charge in [0.2, 0.25) is 0 Å². The molecule has 0 unspecified atom stereocenters. The van der Waals surface area contributed by atoms with E-state index in [1.54, 1.807) is 0 Å². The molecular weight excluding hydrogens is 524 g/mol. The van der Waals surface area contributed by atoms with E-state index >= 15 is 0 Å². The SMILES string of the molecule is Cc1cccc2cc(C(=O)N3CCC(c4cc(CNC(=O)C(F)(F)F)ccc4F)CC3)n(CCN3CCCC3)c12. The van der Waals surface area contributed by atoms with Gasteiger partial charge in [-0.1, -0.05) is 30.3 Å². The van der Waals surface area contributed by atoms with E-state index < -0.39 is 17.9 Å². The van der Waals surface area contributed by atoms with Crippen molar-refractivity contribution in [1.82, 2.24) is 19.7 Å². The number of carbonyl (C=O) groups is 2. The lowest BCUT2D eigenvalue weighted by atomic mass is 9.88. The Balaban J connectivity index is 1.28. The van der Waals surface area contributed by atoms with Crippen molar-refractivity contribution in [3.05, 3.63) is 70.7 Å². The number of para-hydroxylation sites is 1. The zero-order valence-corrected chi connectivity index (χ0v) is 22.6. The first kappa shape index (κ1) is 28.1. The molecule has 40 heavy (non-hydrogen) atoms. The van der Waals surface area contributed by atoms with Gasteiger partial charge >= 0.3 is 12.1 Å². The van der Waals surface area contributed by atoms with E-state index in [1.807, 2.05) is 28.4 Å². The number of likely N-dealkylation sites (tertiary alicyclic amines) is 2. The number of fused-ring (bicyclic) bond motifs is 1. The zero-order chi connectivity index (χ0) is 28.4. The summed E-state index contributed by atoms with van der Waals surface area (Å²) in [5, 5.41) is 2.87. The number of nitrogens with zero attached hydrogens (tertiary/aromatic N) is 3. The second-order valence-electron chi connectivity index (χ2n) is 10.8. The molecule has 0 saturated carbocycles. The lowest BCUT2D eigenvalue weighted by Crippen LogP contribution is -2.39. The van der Waals surface area contributed by atoms with Crippen LogP contribution in [0.1, 0.15) is 58.8 Å². The maximum Gasteiger partial charge on any atom is 0.471 e. The number of aromatic nitrogens is 1. The third-order valence-electron chi connectivity index (χ3n) is 8.17. The summed E-state index contributed by atoms with van der Waals surface area (Å²) in [4.78, 5) is 29.2. The smallest absolute Gasteiger partial charge is 0.344 e. The Morgan fingerprint density at radius 1 is 0.975 bits per heavy atom. The number of aryl methyl sites for hydroxylation is 1. The Labute approximate surface area is 230 Å². The number of carbonyl (C=O) groups excluding carboxylic acids is 2. The summed E-state index contributed by atoms with van der Waals surface area (Å²) in [5.41, 5.74) is 3.66. The maximum absolute atomic E-state index is 14.7. The fourth-order valence-electron chi connectivity index (χ4n) is 6.02. The number of rotatable bonds is 7. The molecule has 214 valence electrons. The lowest BCUT2D eigenvalue weighted by molar-refractivity contribution is -0.173. The lowest BCUT2D eigenvalue weighted by Gasteiger charge is -2.33.